The molecule has 0 amide bonds. The van der Waals surface area contributed by atoms with Gasteiger partial charge in [-0.3, -0.25) is 4.79 Å². The minimum atomic E-state index is -0.327. The number of methoxy groups -OCH3 is 3. The number of carbonyl (C=O) groups is 1. The van der Waals surface area contributed by atoms with E-state index in [2.05, 4.69) is 0 Å². The van der Waals surface area contributed by atoms with Gasteiger partial charge in [-0.25, -0.2) is 0 Å². The Bertz CT molecular complexity index is 1030. The number of benzene rings is 2. The third kappa shape index (κ3) is 2.61. The normalized spacial score (nSPS) is 18.9. The van der Waals surface area contributed by atoms with Crippen LogP contribution in [0.1, 0.15) is 29.9 Å². The molecule has 0 spiro atoms. The van der Waals surface area contributed by atoms with Crippen LogP contribution in [0.5, 0.6) is 34.5 Å². The Labute approximate surface area is 167 Å². The minimum Gasteiger partial charge on any atom is -0.493 e. The van der Waals surface area contributed by atoms with E-state index in [9.17, 15) is 4.79 Å². The zero-order valence-electron chi connectivity index (χ0n) is 16.4. The molecule has 0 saturated heterocycles. The minimum absolute atomic E-state index is 0.0852. The average Bonchev–Trinajstić information content (AvgIpc) is 3.35. The highest BCUT2D eigenvalue weighted by atomic mass is 16.7. The largest absolute Gasteiger partial charge is 0.493 e. The zero-order valence-corrected chi connectivity index (χ0v) is 16.4. The maximum Gasteiger partial charge on any atom is 0.231 e. The van der Waals surface area contributed by atoms with Crippen LogP contribution in [0.25, 0.3) is 0 Å². The summed E-state index contributed by atoms with van der Waals surface area (Å²) in [6.07, 6.45) is 1.02. The standard InChI is InChI=1S/C22H20O7/c1-24-18-6-11(7-19(25-2)22(18)26-3)20-12-8-16-17(28-10-27-16)9-15(12)29-14-5-4-13(23)21(14)20/h6-9,20H,4-5,10H2,1-3H3/t20-/m0/s1. The van der Waals surface area contributed by atoms with Crippen molar-refractivity contribution in [3.63, 3.8) is 0 Å². The van der Waals surface area contributed by atoms with Gasteiger partial charge in [-0.05, 0) is 23.8 Å². The second-order valence-corrected chi connectivity index (χ2v) is 7.00. The first-order chi connectivity index (χ1) is 14.1. The zero-order chi connectivity index (χ0) is 20.1. The van der Waals surface area contributed by atoms with Gasteiger partial charge in [0.15, 0.2) is 28.8 Å². The first-order valence-corrected chi connectivity index (χ1v) is 9.32. The van der Waals surface area contributed by atoms with E-state index in [0.717, 1.165) is 11.1 Å². The Morgan fingerprint density at radius 2 is 1.55 bits per heavy atom. The van der Waals surface area contributed by atoms with Gasteiger partial charge in [0.25, 0.3) is 0 Å². The van der Waals surface area contributed by atoms with Crippen LogP contribution in [0.15, 0.2) is 35.6 Å². The predicted molar refractivity (Wildman–Crippen MR) is 102 cm³/mol. The van der Waals surface area contributed by atoms with Crippen molar-refractivity contribution >= 4 is 5.78 Å². The summed E-state index contributed by atoms with van der Waals surface area (Å²) in [7, 11) is 4.70. The Balaban J connectivity index is 1.74. The molecule has 7 nitrogen and oxygen atoms in total. The van der Waals surface area contributed by atoms with Crippen LogP contribution >= 0.6 is 0 Å². The van der Waals surface area contributed by atoms with Crippen molar-refractivity contribution in [2.75, 3.05) is 28.1 Å². The molecule has 0 aromatic heterocycles. The summed E-state index contributed by atoms with van der Waals surface area (Å²) < 4.78 is 33.7. The number of ether oxygens (including phenoxy) is 6. The first kappa shape index (κ1) is 17.7. The highest BCUT2D eigenvalue weighted by Crippen LogP contribution is 2.53. The van der Waals surface area contributed by atoms with Gasteiger partial charge in [-0.2, -0.15) is 0 Å². The van der Waals surface area contributed by atoms with Gasteiger partial charge in [0.1, 0.15) is 11.5 Å². The van der Waals surface area contributed by atoms with Crippen molar-refractivity contribution in [2.45, 2.75) is 18.8 Å². The van der Waals surface area contributed by atoms with Crippen LogP contribution in [0, 0.1) is 0 Å². The van der Waals surface area contributed by atoms with E-state index in [-0.39, 0.29) is 18.5 Å². The predicted octanol–water partition coefficient (Wildman–Crippen LogP) is 3.58. The number of ketones is 1. The molecule has 0 unspecified atom stereocenters. The van der Waals surface area contributed by atoms with E-state index in [1.165, 1.54) is 0 Å². The molecule has 150 valence electrons. The summed E-state index contributed by atoms with van der Waals surface area (Å²) in [6, 6.07) is 7.47. The lowest BCUT2D eigenvalue weighted by Gasteiger charge is -2.28. The van der Waals surface area contributed by atoms with Crippen LogP contribution in [0.2, 0.25) is 0 Å². The molecule has 2 aromatic carbocycles. The summed E-state index contributed by atoms with van der Waals surface area (Å²) >= 11 is 0. The summed E-state index contributed by atoms with van der Waals surface area (Å²) in [5, 5.41) is 0. The molecule has 0 fully saturated rings. The Morgan fingerprint density at radius 1 is 0.862 bits per heavy atom. The fourth-order valence-corrected chi connectivity index (χ4v) is 4.24. The fraction of sp³-hybridized carbons (Fsp3) is 0.318. The third-order valence-corrected chi connectivity index (χ3v) is 5.54. The number of hydrogen-bond donors (Lipinski definition) is 0. The molecule has 5 rings (SSSR count). The quantitative estimate of drug-likeness (QED) is 0.782. The van der Waals surface area contributed by atoms with Crippen molar-refractivity contribution in [1.29, 1.82) is 0 Å². The van der Waals surface area contributed by atoms with E-state index in [1.807, 2.05) is 24.3 Å². The molecule has 0 radical (unpaired) electrons. The molecule has 3 aliphatic rings. The maximum atomic E-state index is 12.8. The highest BCUT2D eigenvalue weighted by Gasteiger charge is 2.40. The molecule has 2 aromatic rings. The molecule has 0 bridgehead atoms. The monoisotopic (exact) mass is 396 g/mol. The lowest BCUT2D eigenvalue weighted by Crippen LogP contribution is -2.18. The summed E-state index contributed by atoms with van der Waals surface area (Å²) in [5.41, 5.74) is 2.37. The molecule has 1 aliphatic carbocycles. The van der Waals surface area contributed by atoms with Gasteiger partial charge < -0.3 is 28.4 Å². The van der Waals surface area contributed by atoms with Gasteiger partial charge in [0.05, 0.1) is 21.3 Å². The van der Waals surface area contributed by atoms with Crippen molar-refractivity contribution in [3.05, 3.63) is 46.7 Å². The first-order valence-electron chi connectivity index (χ1n) is 9.32. The smallest absolute Gasteiger partial charge is 0.231 e. The van der Waals surface area contributed by atoms with E-state index in [4.69, 9.17) is 28.4 Å². The molecule has 2 heterocycles. The van der Waals surface area contributed by atoms with Crippen LogP contribution in [0.3, 0.4) is 0 Å². The number of rotatable bonds is 4. The Morgan fingerprint density at radius 3 is 2.21 bits per heavy atom. The van der Waals surface area contributed by atoms with Gasteiger partial charge in [0, 0.05) is 36.0 Å². The second kappa shape index (κ2) is 6.62. The highest BCUT2D eigenvalue weighted by molar-refractivity contribution is 6.01. The fourth-order valence-electron chi connectivity index (χ4n) is 4.24. The number of carbonyl (C=O) groups excluding carboxylic acids is 1. The molecule has 0 N–H and O–H groups in total. The molecule has 0 saturated carbocycles. The number of Topliss-reactive ketones (excluding diaryl/α,β-unsaturated/α-hetero) is 1. The molecule has 1 atom stereocenters. The maximum absolute atomic E-state index is 12.8. The molecule has 7 heteroatoms. The number of fused-ring (bicyclic) bond motifs is 2. The number of hydrogen-bond acceptors (Lipinski definition) is 7. The topological polar surface area (TPSA) is 72.5 Å². The Hall–Kier alpha value is -3.35. The van der Waals surface area contributed by atoms with Crippen LogP contribution < -0.4 is 28.4 Å². The van der Waals surface area contributed by atoms with Crippen LogP contribution in [-0.4, -0.2) is 33.9 Å². The van der Waals surface area contributed by atoms with Crippen molar-refractivity contribution in [3.8, 4) is 34.5 Å². The van der Waals surface area contributed by atoms with E-state index < -0.39 is 0 Å². The third-order valence-electron chi connectivity index (χ3n) is 5.54. The van der Waals surface area contributed by atoms with Gasteiger partial charge in [-0.15, -0.1) is 0 Å². The van der Waals surface area contributed by atoms with Gasteiger partial charge >= 0.3 is 0 Å². The van der Waals surface area contributed by atoms with E-state index in [1.54, 1.807) is 21.3 Å². The van der Waals surface area contributed by atoms with Crippen LogP contribution in [-0.2, 0) is 4.79 Å². The molecular formula is C22H20O7. The number of allylic oxidation sites excluding steroid dienone is 2. The SMILES string of the molecule is COc1cc([C@@H]2C3=C(CCC3=O)Oc3cc4c(cc32)OCO4)cc(OC)c1OC. The van der Waals surface area contributed by atoms with Gasteiger partial charge in [0.2, 0.25) is 12.5 Å². The lowest BCUT2D eigenvalue weighted by atomic mass is 9.81. The van der Waals surface area contributed by atoms with Crippen molar-refractivity contribution in [1.82, 2.24) is 0 Å². The lowest BCUT2D eigenvalue weighted by molar-refractivity contribution is -0.115. The molecule has 29 heavy (non-hydrogen) atoms. The molecule has 2 aliphatic heterocycles. The second-order valence-electron chi connectivity index (χ2n) is 7.00. The van der Waals surface area contributed by atoms with Crippen molar-refractivity contribution in [2.24, 2.45) is 0 Å². The summed E-state index contributed by atoms with van der Waals surface area (Å²) in [5.74, 6) is 3.98. The van der Waals surface area contributed by atoms with Gasteiger partial charge in [-0.1, -0.05) is 0 Å². The van der Waals surface area contributed by atoms with Crippen molar-refractivity contribution < 1.29 is 33.2 Å². The summed E-state index contributed by atoms with van der Waals surface area (Å²) in [4.78, 5) is 12.8. The average molecular weight is 396 g/mol. The Kier molecular flexibility index (Phi) is 4.04. The van der Waals surface area contributed by atoms with E-state index in [0.29, 0.717) is 58.7 Å². The van der Waals surface area contributed by atoms with Crippen LogP contribution in [0.4, 0.5) is 0 Å². The molecular weight excluding hydrogens is 376 g/mol. The van der Waals surface area contributed by atoms with E-state index >= 15 is 0 Å². The summed E-state index contributed by atoms with van der Waals surface area (Å²) in [6.45, 7) is 0.166.